The number of aliphatic carboxylic acids is 1. The van der Waals surface area contributed by atoms with Crippen LogP contribution < -0.4 is 10.6 Å². The molecule has 0 saturated heterocycles. The first-order valence-corrected chi connectivity index (χ1v) is 11.7. The van der Waals surface area contributed by atoms with Gasteiger partial charge in [0.25, 0.3) is 0 Å². The van der Waals surface area contributed by atoms with E-state index in [-0.39, 0.29) is 31.3 Å². The summed E-state index contributed by atoms with van der Waals surface area (Å²) in [7, 11) is 0. The van der Waals surface area contributed by atoms with Crippen LogP contribution in [0.1, 0.15) is 42.4 Å². The fraction of sp³-hybridized carbons (Fsp3) is 0.250. The fourth-order valence-electron chi connectivity index (χ4n) is 4.48. The summed E-state index contributed by atoms with van der Waals surface area (Å²) >= 11 is 0. The average Bonchev–Trinajstić information content (AvgIpc) is 3.16. The highest BCUT2D eigenvalue weighted by atomic mass is 16.5. The third-order valence-corrected chi connectivity index (χ3v) is 6.16. The van der Waals surface area contributed by atoms with E-state index in [2.05, 4.69) is 34.9 Å². The lowest BCUT2D eigenvalue weighted by Gasteiger charge is -2.15. The number of anilines is 1. The van der Waals surface area contributed by atoms with E-state index < -0.39 is 18.1 Å². The number of ether oxygens (including phenoxy) is 1. The maximum atomic E-state index is 12.5. The average molecular weight is 473 g/mol. The number of carboxylic acid groups (broad SMARTS) is 1. The highest BCUT2D eigenvalue weighted by Gasteiger charge is 2.29. The Hall–Kier alpha value is -4.13. The van der Waals surface area contributed by atoms with Gasteiger partial charge >= 0.3 is 12.1 Å². The number of nitrogens with one attached hydrogen (secondary N) is 2. The maximum absolute atomic E-state index is 12.5. The molecular weight excluding hydrogens is 444 g/mol. The smallest absolute Gasteiger partial charge is 0.411 e. The van der Waals surface area contributed by atoms with Crippen molar-refractivity contribution < 1.29 is 24.2 Å². The first kappa shape index (κ1) is 24.0. The second-order valence-electron chi connectivity index (χ2n) is 8.60. The van der Waals surface area contributed by atoms with Gasteiger partial charge in [-0.15, -0.1) is 0 Å². The zero-order valence-electron chi connectivity index (χ0n) is 19.5. The molecule has 1 aliphatic carbocycles. The number of rotatable bonds is 9. The number of amides is 2. The van der Waals surface area contributed by atoms with Crippen LogP contribution in [0.25, 0.3) is 11.1 Å². The van der Waals surface area contributed by atoms with Crippen LogP contribution in [-0.2, 0) is 20.7 Å². The normalized spacial score (nSPS) is 12.8. The van der Waals surface area contributed by atoms with Crippen molar-refractivity contribution in [3.05, 3.63) is 89.5 Å². The second-order valence-corrected chi connectivity index (χ2v) is 8.60. The van der Waals surface area contributed by atoms with E-state index in [9.17, 15) is 14.4 Å². The molecule has 0 aromatic heterocycles. The summed E-state index contributed by atoms with van der Waals surface area (Å²) < 4.78 is 5.58. The van der Waals surface area contributed by atoms with E-state index in [0.717, 1.165) is 22.3 Å². The van der Waals surface area contributed by atoms with Crippen molar-refractivity contribution in [1.82, 2.24) is 5.32 Å². The third-order valence-electron chi connectivity index (χ3n) is 6.16. The molecule has 3 aromatic rings. The van der Waals surface area contributed by atoms with Gasteiger partial charge < -0.3 is 15.2 Å². The van der Waals surface area contributed by atoms with Crippen LogP contribution in [0.4, 0.5) is 10.5 Å². The van der Waals surface area contributed by atoms with Gasteiger partial charge in [0.15, 0.2) is 0 Å². The van der Waals surface area contributed by atoms with Crippen molar-refractivity contribution in [2.45, 2.75) is 38.1 Å². The van der Waals surface area contributed by atoms with Gasteiger partial charge in [-0.2, -0.15) is 0 Å². The molecule has 0 spiro atoms. The molecule has 0 saturated carbocycles. The van der Waals surface area contributed by atoms with Crippen LogP contribution in [0.5, 0.6) is 0 Å². The zero-order valence-corrected chi connectivity index (χ0v) is 19.5. The molecule has 3 N–H and O–H groups in total. The number of benzene rings is 3. The summed E-state index contributed by atoms with van der Waals surface area (Å²) in [5.74, 6) is -1.25. The molecule has 2 amide bonds. The first-order valence-electron chi connectivity index (χ1n) is 11.7. The van der Waals surface area contributed by atoms with Crippen LogP contribution in [0.3, 0.4) is 0 Å². The topological polar surface area (TPSA) is 105 Å². The summed E-state index contributed by atoms with van der Waals surface area (Å²) in [5.41, 5.74) is 5.83. The predicted octanol–water partition coefficient (Wildman–Crippen LogP) is 4.96. The van der Waals surface area contributed by atoms with Gasteiger partial charge in [-0.3, -0.25) is 14.9 Å². The van der Waals surface area contributed by atoms with Crippen molar-refractivity contribution in [2.24, 2.45) is 0 Å². The number of hydrogen-bond acceptors (Lipinski definition) is 4. The Kier molecular flexibility index (Phi) is 7.45. The fourth-order valence-corrected chi connectivity index (χ4v) is 4.48. The minimum Gasteiger partial charge on any atom is -0.481 e. The summed E-state index contributed by atoms with van der Waals surface area (Å²) in [4.78, 5) is 35.8. The lowest BCUT2D eigenvalue weighted by Crippen LogP contribution is -2.36. The molecule has 180 valence electrons. The van der Waals surface area contributed by atoms with Crippen molar-refractivity contribution >= 4 is 23.7 Å². The molecule has 0 aliphatic heterocycles. The second kappa shape index (κ2) is 10.9. The molecule has 0 heterocycles. The Balaban J connectivity index is 1.34. The summed E-state index contributed by atoms with van der Waals surface area (Å²) in [6, 6.07) is 22.8. The van der Waals surface area contributed by atoms with Crippen LogP contribution >= 0.6 is 0 Å². The Labute approximate surface area is 204 Å². The standard InChI is InChI=1S/C28H28N2O5/c1-2-19(16-27(32)33)29-26(31)15-18-8-7-9-20(14-18)30-28(34)35-17-25-23-12-5-3-10-21(23)22-11-4-6-13-24(22)25/h3-14,19,25H,2,15-17H2,1H3,(H,29,31)(H,30,34)(H,32,33). The van der Waals surface area contributed by atoms with Crippen molar-refractivity contribution in [1.29, 1.82) is 0 Å². The molecule has 1 unspecified atom stereocenters. The van der Waals surface area contributed by atoms with Crippen LogP contribution in [0, 0.1) is 0 Å². The molecule has 1 atom stereocenters. The van der Waals surface area contributed by atoms with Crippen LogP contribution in [0.2, 0.25) is 0 Å². The van der Waals surface area contributed by atoms with Gasteiger partial charge in [0.1, 0.15) is 6.61 Å². The Morgan fingerprint density at radius 1 is 0.943 bits per heavy atom. The zero-order chi connectivity index (χ0) is 24.8. The highest BCUT2D eigenvalue weighted by molar-refractivity contribution is 5.86. The molecule has 3 aromatic carbocycles. The molecule has 7 nitrogen and oxygen atoms in total. The molecule has 4 rings (SSSR count). The van der Waals surface area contributed by atoms with Crippen LogP contribution in [-0.4, -0.2) is 35.7 Å². The van der Waals surface area contributed by atoms with Gasteiger partial charge in [0, 0.05) is 17.6 Å². The summed E-state index contributed by atoms with van der Waals surface area (Å²) in [6.45, 7) is 2.04. The SMILES string of the molecule is CCC(CC(=O)O)NC(=O)Cc1cccc(NC(=O)OCC2c3ccccc3-c3ccccc32)c1. The van der Waals surface area contributed by atoms with Gasteiger partial charge in [-0.25, -0.2) is 4.79 Å². The van der Waals surface area contributed by atoms with Crippen molar-refractivity contribution in [3.63, 3.8) is 0 Å². The van der Waals surface area contributed by atoms with Gasteiger partial charge in [0.05, 0.1) is 12.8 Å². The molecule has 0 bridgehead atoms. The lowest BCUT2D eigenvalue weighted by atomic mass is 9.98. The van der Waals surface area contributed by atoms with E-state index >= 15 is 0 Å². The largest absolute Gasteiger partial charge is 0.481 e. The van der Waals surface area contributed by atoms with Crippen LogP contribution in [0.15, 0.2) is 72.8 Å². The number of carbonyl (C=O) groups excluding carboxylic acids is 2. The molecule has 35 heavy (non-hydrogen) atoms. The summed E-state index contributed by atoms with van der Waals surface area (Å²) in [6.07, 6.45) is -0.0791. The minimum absolute atomic E-state index is 0.0273. The first-order chi connectivity index (χ1) is 16.9. The van der Waals surface area contributed by atoms with E-state index in [1.807, 2.05) is 31.2 Å². The highest BCUT2D eigenvalue weighted by Crippen LogP contribution is 2.44. The van der Waals surface area contributed by atoms with E-state index in [0.29, 0.717) is 17.7 Å². The van der Waals surface area contributed by atoms with E-state index in [1.54, 1.807) is 24.3 Å². The number of carbonyl (C=O) groups is 3. The minimum atomic E-state index is -0.952. The molecule has 0 fully saturated rings. The Bertz CT molecular complexity index is 1190. The Morgan fingerprint density at radius 3 is 2.23 bits per heavy atom. The monoisotopic (exact) mass is 472 g/mol. The van der Waals surface area contributed by atoms with Crippen molar-refractivity contribution in [3.8, 4) is 11.1 Å². The molecule has 0 radical (unpaired) electrons. The van der Waals surface area contributed by atoms with Crippen molar-refractivity contribution in [2.75, 3.05) is 11.9 Å². The number of fused-ring (bicyclic) bond motifs is 3. The lowest BCUT2D eigenvalue weighted by molar-refractivity contribution is -0.137. The summed E-state index contributed by atoms with van der Waals surface area (Å²) in [5, 5.41) is 14.4. The number of carboxylic acids is 1. The van der Waals surface area contributed by atoms with E-state index in [1.165, 1.54) is 0 Å². The third kappa shape index (κ3) is 5.87. The van der Waals surface area contributed by atoms with Gasteiger partial charge in [0.2, 0.25) is 5.91 Å². The number of hydrogen-bond donors (Lipinski definition) is 3. The van der Waals surface area contributed by atoms with Gasteiger partial charge in [-0.05, 0) is 46.4 Å². The molecule has 1 aliphatic rings. The van der Waals surface area contributed by atoms with Gasteiger partial charge in [-0.1, -0.05) is 67.6 Å². The maximum Gasteiger partial charge on any atom is 0.411 e. The predicted molar refractivity (Wildman–Crippen MR) is 133 cm³/mol. The molecule has 7 heteroatoms. The molecular formula is C28H28N2O5. The van der Waals surface area contributed by atoms with E-state index in [4.69, 9.17) is 9.84 Å². The Morgan fingerprint density at radius 2 is 1.60 bits per heavy atom. The quantitative estimate of drug-likeness (QED) is 0.408.